The van der Waals surface area contributed by atoms with Gasteiger partial charge in [0.05, 0.1) is 20.1 Å². The standard InChI is InChI=1S/C32H26N2O5/c1-36-26-16-13-22(17-28(26)37-2)30-24-15-14-23(18-27(24)39-31(34)25(30)19-33)38-32(35)29(20-9-5-3-6-10-20)21-11-7-4-8-12-21/h3-18,29-30H,34H2,1-2H3. The van der Waals surface area contributed by atoms with Crippen LogP contribution in [-0.4, -0.2) is 20.2 Å². The van der Waals surface area contributed by atoms with Crippen molar-refractivity contribution < 1.29 is 23.7 Å². The Morgan fingerprint density at radius 1 is 0.872 bits per heavy atom. The summed E-state index contributed by atoms with van der Waals surface area (Å²) >= 11 is 0. The van der Waals surface area contributed by atoms with Gasteiger partial charge in [-0.1, -0.05) is 72.8 Å². The van der Waals surface area contributed by atoms with E-state index in [1.165, 1.54) is 0 Å². The van der Waals surface area contributed by atoms with E-state index >= 15 is 0 Å². The maximum absolute atomic E-state index is 13.5. The lowest BCUT2D eigenvalue weighted by Crippen LogP contribution is -2.22. The van der Waals surface area contributed by atoms with Crippen LogP contribution in [0.3, 0.4) is 0 Å². The number of ether oxygens (including phenoxy) is 4. The number of fused-ring (bicyclic) bond motifs is 1. The summed E-state index contributed by atoms with van der Waals surface area (Å²) in [6.07, 6.45) is 0. The number of carbonyl (C=O) groups is 1. The molecule has 0 aromatic heterocycles. The zero-order valence-corrected chi connectivity index (χ0v) is 21.5. The fourth-order valence-electron chi connectivity index (χ4n) is 4.81. The second-order valence-electron chi connectivity index (χ2n) is 8.91. The van der Waals surface area contributed by atoms with Crippen LogP contribution < -0.4 is 24.7 Å². The number of benzene rings is 4. The van der Waals surface area contributed by atoms with Crippen LogP contribution in [0.5, 0.6) is 23.0 Å². The molecule has 1 aliphatic rings. The van der Waals surface area contributed by atoms with Crippen molar-refractivity contribution >= 4 is 5.97 Å². The molecule has 1 atom stereocenters. The maximum atomic E-state index is 13.5. The average Bonchev–Trinajstić information content (AvgIpc) is 2.97. The Kier molecular flexibility index (Phi) is 7.19. The van der Waals surface area contributed by atoms with Crippen molar-refractivity contribution in [2.24, 2.45) is 5.73 Å². The molecule has 1 heterocycles. The molecule has 7 heteroatoms. The number of hydrogen-bond acceptors (Lipinski definition) is 7. The number of allylic oxidation sites excluding steroid dienone is 1. The highest BCUT2D eigenvalue weighted by molar-refractivity contribution is 5.84. The second-order valence-corrected chi connectivity index (χ2v) is 8.91. The lowest BCUT2D eigenvalue weighted by Gasteiger charge is -2.27. The molecule has 0 radical (unpaired) electrons. The quantitative estimate of drug-likeness (QED) is 0.249. The molecule has 1 unspecified atom stereocenters. The van der Waals surface area contributed by atoms with Gasteiger partial charge in [0.2, 0.25) is 5.88 Å². The topological polar surface area (TPSA) is 104 Å². The van der Waals surface area contributed by atoms with Gasteiger partial charge in [0.15, 0.2) is 11.5 Å². The van der Waals surface area contributed by atoms with E-state index in [-0.39, 0.29) is 11.5 Å². The van der Waals surface area contributed by atoms with Gasteiger partial charge in [0.1, 0.15) is 29.1 Å². The normalized spacial score (nSPS) is 14.2. The summed E-state index contributed by atoms with van der Waals surface area (Å²) in [5.74, 6) is 0.224. The predicted octanol–water partition coefficient (Wildman–Crippen LogP) is 5.66. The summed E-state index contributed by atoms with van der Waals surface area (Å²) in [6, 6.07) is 31.7. The van der Waals surface area contributed by atoms with Crippen LogP contribution in [0.25, 0.3) is 0 Å². The molecule has 194 valence electrons. The second kappa shape index (κ2) is 11.0. The SMILES string of the molecule is COc1ccc(C2C(C#N)=C(N)Oc3cc(OC(=O)C(c4ccccc4)c4ccccc4)ccc32)cc1OC. The van der Waals surface area contributed by atoms with E-state index in [2.05, 4.69) is 6.07 Å². The molecule has 4 aromatic carbocycles. The Hall–Kier alpha value is -5.22. The van der Waals surface area contributed by atoms with E-state index in [4.69, 9.17) is 24.7 Å². The van der Waals surface area contributed by atoms with Crippen LogP contribution in [0, 0.1) is 11.3 Å². The number of hydrogen-bond donors (Lipinski definition) is 1. The highest BCUT2D eigenvalue weighted by Crippen LogP contribution is 2.45. The van der Waals surface area contributed by atoms with E-state index in [0.29, 0.717) is 28.6 Å². The van der Waals surface area contributed by atoms with Gasteiger partial charge in [-0.2, -0.15) is 5.26 Å². The van der Waals surface area contributed by atoms with Gasteiger partial charge in [-0.25, -0.2) is 0 Å². The van der Waals surface area contributed by atoms with Crippen molar-refractivity contribution in [1.29, 1.82) is 5.26 Å². The monoisotopic (exact) mass is 518 g/mol. The van der Waals surface area contributed by atoms with E-state index in [1.54, 1.807) is 38.5 Å². The number of nitrogens with zero attached hydrogens (tertiary/aromatic N) is 1. The van der Waals surface area contributed by atoms with Crippen LogP contribution in [0.2, 0.25) is 0 Å². The molecule has 7 nitrogen and oxygen atoms in total. The molecule has 0 saturated heterocycles. The zero-order valence-electron chi connectivity index (χ0n) is 21.5. The third-order valence-corrected chi connectivity index (χ3v) is 6.65. The Balaban J connectivity index is 1.50. The van der Waals surface area contributed by atoms with Gasteiger partial charge in [-0.05, 0) is 34.9 Å². The Morgan fingerprint density at radius 3 is 2.10 bits per heavy atom. The molecule has 0 fully saturated rings. The highest BCUT2D eigenvalue weighted by Gasteiger charge is 2.32. The number of nitrogens with two attached hydrogens (primary N) is 1. The van der Waals surface area contributed by atoms with Gasteiger partial charge in [0.25, 0.3) is 0 Å². The van der Waals surface area contributed by atoms with Gasteiger partial charge in [-0.3, -0.25) is 4.79 Å². The first-order chi connectivity index (χ1) is 19.0. The molecule has 0 spiro atoms. The lowest BCUT2D eigenvalue weighted by atomic mass is 9.83. The summed E-state index contributed by atoms with van der Waals surface area (Å²) in [4.78, 5) is 13.5. The molecule has 5 rings (SSSR count). The van der Waals surface area contributed by atoms with Crippen LogP contribution in [0.15, 0.2) is 109 Å². The fourth-order valence-corrected chi connectivity index (χ4v) is 4.81. The van der Waals surface area contributed by atoms with Crippen molar-refractivity contribution in [3.8, 4) is 29.1 Å². The first kappa shape index (κ1) is 25.4. The molecule has 2 N–H and O–H groups in total. The maximum Gasteiger partial charge on any atom is 0.323 e. The van der Waals surface area contributed by atoms with Gasteiger partial charge >= 0.3 is 5.97 Å². The molecule has 0 aliphatic carbocycles. The summed E-state index contributed by atoms with van der Waals surface area (Å²) in [6.45, 7) is 0. The smallest absolute Gasteiger partial charge is 0.323 e. The lowest BCUT2D eigenvalue weighted by molar-refractivity contribution is -0.135. The van der Waals surface area contributed by atoms with Crippen LogP contribution in [-0.2, 0) is 4.79 Å². The number of rotatable bonds is 7. The minimum Gasteiger partial charge on any atom is -0.493 e. The molecule has 1 aliphatic heterocycles. The number of methoxy groups -OCH3 is 2. The van der Waals surface area contributed by atoms with E-state index in [1.807, 2.05) is 72.8 Å². The zero-order chi connectivity index (χ0) is 27.4. The Bertz CT molecular complexity index is 1540. The minimum absolute atomic E-state index is 0.0142. The van der Waals surface area contributed by atoms with E-state index in [9.17, 15) is 10.1 Å². The largest absolute Gasteiger partial charge is 0.493 e. The summed E-state index contributed by atoms with van der Waals surface area (Å²) in [7, 11) is 3.11. The molecular formula is C32H26N2O5. The average molecular weight is 519 g/mol. The Labute approximate surface area is 226 Å². The van der Waals surface area contributed by atoms with Crippen LogP contribution >= 0.6 is 0 Å². The number of carbonyl (C=O) groups excluding carboxylic acids is 1. The predicted molar refractivity (Wildman–Crippen MR) is 146 cm³/mol. The van der Waals surface area contributed by atoms with Gasteiger partial charge in [0, 0.05) is 11.6 Å². The van der Waals surface area contributed by atoms with Crippen molar-refractivity contribution in [2.45, 2.75) is 11.8 Å². The Morgan fingerprint density at radius 2 is 1.51 bits per heavy atom. The van der Waals surface area contributed by atoms with E-state index in [0.717, 1.165) is 16.7 Å². The highest BCUT2D eigenvalue weighted by atomic mass is 16.5. The molecule has 0 amide bonds. The van der Waals surface area contributed by atoms with E-state index < -0.39 is 17.8 Å². The van der Waals surface area contributed by atoms with Crippen molar-refractivity contribution in [3.63, 3.8) is 0 Å². The fraction of sp³-hybridized carbons (Fsp3) is 0.125. The number of nitriles is 1. The third-order valence-electron chi connectivity index (χ3n) is 6.65. The van der Waals surface area contributed by atoms with Crippen molar-refractivity contribution in [1.82, 2.24) is 0 Å². The van der Waals surface area contributed by atoms with Crippen molar-refractivity contribution in [2.75, 3.05) is 14.2 Å². The first-order valence-electron chi connectivity index (χ1n) is 12.3. The molecule has 0 bridgehead atoms. The minimum atomic E-state index is -0.612. The summed E-state index contributed by atoms with van der Waals surface area (Å²) in [5.41, 5.74) is 9.57. The molecule has 0 saturated carbocycles. The third kappa shape index (κ3) is 5.00. The summed E-state index contributed by atoms with van der Waals surface area (Å²) in [5, 5.41) is 9.90. The van der Waals surface area contributed by atoms with Gasteiger partial charge in [-0.15, -0.1) is 0 Å². The van der Waals surface area contributed by atoms with Crippen LogP contribution in [0.1, 0.15) is 34.1 Å². The molecular weight excluding hydrogens is 492 g/mol. The molecule has 39 heavy (non-hydrogen) atoms. The van der Waals surface area contributed by atoms with Crippen LogP contribution in [0.4, 0.5) is 0 Å². The number of esters is 1. The van der Waals surface area contributed by atoms with Crippen molar-refractivity contribution in [3.05, 3.63) is 131 Å². The summed E-state index contributed by atoms with van der Waals surface area (Å²) < 4.78 is 22.5. The molecule has 4 aromatic rings. The van der Waals surface area contributed by atoms with Gasteiger partial charge < -0.3 is 24.7 Å². The first-order valence-corrected chi connectivity index (χ1v) is 12.3.